The molecule has 0 aliphatic heterocycles. The summed E-state index contributed by atoms with van der Waals surface area (Å²) in [5.41, 5.74) is 2.51. The van der Waals surface area contributed by atoms with Crippen molar-refractivity contribution >= 4 is 28.6 Å². The van der Waals surface area contributed by atoms with E-state index in [1.807, 2.05) is 11.8 Å². The van der Waals surface area contributed by atoms with Gasteiger partial charge >= 0.3 is 0 Å². The number of thioether (sulfide) groups is 1. The Morgan fingerprint density at radius 3 is 2.97 bits per heavy atom. The smallest absolute Gasteiger partial charge is 0.191 e. The number of nitrogens with zero attached hydrogens (tertiary/aromatic N) is 4. The zero-order valence-corrected chi connectivity index (χ0v) is 18.1. The second kappa shape index (κ2) is 11.5. The van der Waals surface area contributed by atoms with Crippen molar-refractivity contribution in [1.82, 2.24) is 30.4 Å². The summed E-state index contributed by atoms with van der Waals surface area (Å²) in [5.74, 6) is 3.02. The van der Waals surface area contributed by atoms with Crippen LogP contribution in [0.5, 0.6) is 0 Å². The van der Waals surface area contributed by atoms with E-state index >= 15 is 0 Å². The number of aliphatic imine (C=N–C) groups is 1. The highest BCUT2D eigenvalue weighted by Gasteiger charge is 2.05. The maximum atomic E-state index is 4.74. The lowest BCUT2D eigenvalue weighted by Crippen LogP contribution is -2.40. The Morgan fingerprint density at radius 1 is 1.24 bits per heavy atom. The lowest BCUT2D eigenvalue weighted by molar-refractivity contribution is 0.631. The minimum absolute atomic E-state index is 0.784. The van der Waals surface area contributed by atoms with Crippen LogP contribution in [-0.4, -0.2) is 57.4 Å². The maximum absolute atomic E-state index is 4.74. The van der Waals surface area contributed by atoms with Gasteiger partial charge in [0.25, 0.3) is 0 Å². The summed E-state index contributed by atoms with van der Waals surface area (Å²) in [5, 5.41) is 16.4. The molecule has 29 heavy (non-hydrogen) atoms. The van der Waals surface area contributed by atoms with E-state index in [1.165, 1.54) is 16.5 Å². The van der Waals surface area contributed by atoms with Gasteiger partial charge in [0.05, 0.1) is 0 Å². The molecule has 7 nitrogen and oxygen atoms in total. The van der Waals surface area contributed by atoms with Gasteiger partial charge in [-0.15, -0.1) is 10.2 Å². The molecular weight excluding hydrogens is 382 g/mol. The number of fused-ring (bicyclic) bond motifs is 1. The summed E-state index contributed by atoms with van der Waals surface area (Å²) in [7, 11) is 0. The number of aromatic nitrogens is 4. The molecule has 3 N–H and O–H groups in total. The minimum Gasteiger partial charge on any atom is -0.361 e. The fourth-order valence-corrected chi connectivity index (χ4v) is 3.68. The Balaban J connectivity index is 1.52. The number of guanidine groups is 1. The molecule has 2 heterocycles. The SMILES string of the molecule is CCc1nncn1CCNC(=NCCCSC)NCCc1c[nH]c2ccccc12. The third-order valence-electron chi connectivity index (χ3n) is 4.80. The summed E-state index contributed by atoms with van der Waals surface area (Å²) in [6, 6.07) is 8.43. The summed E-state index contributed by atoms with van der Waals surface area (Å²) >= 11 is 1.86. The quantitative estimate of drug-likeness (QED) is 0.256. The molecule has 0 aliphatic carbocycles. The topological polar surface area (TPSA) is 82.9 Å². The Bertz CT molecular complexity index is 899. The van der Waals surface area contributed by atoms with Crippen LogP contribution in [0.2, 0.25) is 0 Å². The largest absolute Gasteiger partial charge is 0.361 e. The number of hydrogen-bond donors (Lipinski definition) is 3. The minimum atomic E-state index is 0.784. The van der Waals surface area contributed by atoms with Crippen LogP contribution in [0.25, 0.3) is 10.9 Å². The van der Waals surface area contributed by atoms with Crippen LogP contribution in [0.1, 0.15) is 24.7 Å². The van der Waals surface area contributed by atoms with Crippen LogP contribution >= 0.6 is 11.8 Å². The first-order valence-electron chi connectivity index (χ1n) is 10.2. The Morgan fingerprint density at radius 2 is 2.10 bits per heavy atom. The van der Waals surface area contributed by atoms with Crippen molar-refractivity contribution in [2.75, 3.05) is 31.6 Å². The van der Waals surface area contributed by atoms with Gasteiger partial charge in [-0.05, 0) is 36.5 Å². The van der Waals surface area contributed by atoms with Crippen LogP contribution in [0.3, 0.4) is 0 Å². The van der Waals surface area contributed by atoms with Gasteiger partial charge in [-0.1, -0.05) is 25.1 Å². The fraction of sp³-hybridized carbons (Fsp3) is 0.476. The third kappa shape index (κ3) is 6.25. The summed E-state index contributed by atoms with van der Waals surface area (Å²) < 4.78 is 2.09. The number of benzene rings is 1. The lowest BCUT2D eigenvalue weighted by Gasteiger charge is -2.13. The molecule has 156 valence electrons. The number of aryl methyl sites for hydroxylation is 1. The van der Waals surface area contributed by atoms with Crippen LogP contribution in [0.15, 0.2) is 41.8 Å². The number of aromatic amines is 1. The summed E-state index contributed by atoms with van der Waals surface area (Å²) in [6.45, 7) is 5.37. The van der Waals surface area contributed by atoms with Gasteiger partial charge in [-0.2, -0.15) is 11.8 Å². The second-order valence-electron chi connectivity index (χ2n) is 6.83. The molecule has 0 aliphatic rings. The van der Waals surface area contributed by atoms with Gasteiger partial charge in [-0.25, -0.2) is 0 Å². The highest BCUT2D eigenvalue weighted by Crippen LogP contribution is 2.17. The van der Waals surface area contributed by atoms with Crippen molar-refractivity contribution in [3.8, 4) is 0 Å². The molecule has 0 saturated heterocycles. The zero-order valence-electron chi connectivity index (χ0n) is 17.3. The van der Waals surface area contributed by atoms with Gasteiger partial charge in [0.15, 0.2) is 5.96 Å². The van der Waals surface area contributed by atoms with Gasteiger partial charge in [0.1, 0.15) is 12.2 Å². The molecule has 1 aromatic carbocycles. The van der Waals surface area contributed by atoms with E-state index in [9.17, 15) is 0 Å². The van der Waals surface area contributed by atoms with Crippen molar-refractivity contribution < 1.29 is 0 Å². The Labute approximate surface area is 176 Å². The van der Waals surface area contributed by atoms with Crippen molar-refractivity contribution in [3.63, 3.8) is 0 Å². The van der Waals surface area contributed by atoms with Crippen molar-refractivity contribution in [1.29, 1.82) is 0 Å². The summed E-state index contributed by atoms with van der Waals surface area (Å²) in [4.78, 5) is 8.08. The standard InChI is InChI=1S/C21H31N7S/c1-3-20-27-26-16-28(20)13-12-24-21(22-10-6-14-29-2)23-11-9-17-15-25-19-8-5-4-7-18(17)19/h4-5,7-8,15-16,25H,3,6,9-14H2,1-2H3,(H2,22,23,24). The normalized spacial score (nSPS) is 11.9. The highest BCUT2D eigenvalue weighted by molar-refractivity contribution is 7.98. The fourth-order valence-electron chi connectivity index (χ4n) is 3.26. The van der Waals surface area contributed by atoms with E-state index in [4.69, 9.17) is 4.99 Å². The molecule has 0 bridgehead atoms. The lowest BCUT2D eigenvalue weighted by atomic mass is 10.1. The molecule has 0 spiro atoms. The van der Waals surface area contributed by atoms with Crippen molar-refractivity contribution in [2.45, 2.75) is 32.7 Å². The van der Waals surface area contributed by atoms with Gasteiger partial charge in [0, 0.05) is 49.7 Å². The molecular formula is C21H31N7S. The monoisotopic (exact) mass is 413 g/mol. The highest BCUT2D eigenvalue weighted by atomic mass is 32.2. The average molecular weight is 414 g/mol. The first-order valence-corrected chi connectivity index (χ1v) is 11.6. The average Bonchev–Trinajstić information content (AvgIpc) is 3.37. The molecule has 3 rings (SSSR count). The molecule has 0 fully saturated rings. The second-order valence-corrected chi connectivity index (χ2v) is 7.82. The number of H-pyrrole nitrogens is 1. The van der Waals surface area contributed by atoms with Crippen molar-refractivity contribution in [3.05, 3.63) is 48.2 Å². The molecule has 0 unspecified atom stereocenters. The van der Waals surface area contributed by atoms with E-state index in [0.717, 1.165) is 63.0 Å². The maximum Gasteiger partial charge on any atom is 0.191 e. The Hall–Kier alpha value is -2.48. The third-order valence-corrected chi connectivity index (χ3v) is 5.49. The van der Waals surface area contributed by atoms with E-state index in [1.54, 1.807) is 6.33 Å². The van der Waals surface area contributed by atoms with Crippen LogP contribution in [0, 0.1) is 0 Å². The zero-order chi connectivity index (χ0) is 20.3. The molecule has 8 heteroatoms. The number of nitrogens with one attached hydrogen (secondary N) is 3. The van der Waals surface area contributed by atoms with Gasteiger partial charge < -0.3 is 20.2 Å². The molecule has 2 aromatic heterocycles. The number of rotatable bonds is 11. The first-order chi connectivity index (χ1) is 14.3. The summed E-state index contributed by atoms with van der Waals surface area (Å²) in [6.07, 6.45) is 8.95. The molecule has 0 saturated carbocycles. The van der Waals surface area contributed by atoms with Crippen molar-refractivity contribution in [2.24, 2.45) is 4.99 Å². The molecule has 0 amide bonds. The van der Waals surface area contributed by atoms with E-state index in [-0.39, 0.29) is 0 Å². The van der Waals surface area contributed by atoms with Gasteiger partial charge in [-0.3, -0.25) is 4.99 Å². The van der Waals surface area contributed by atoms with Crippen LogP contribution in [-0.2, 0) is 19.4 Å². The molecule has 0 radical (unpaired) electrons. The van der Waals surface area contributed by atoms with E-state index in [2.05, 4.69) is 74.0 Å². The first kappa shape index (κ1) is 21.2. The van der Waals surface area contributed by atoms with E-state index < -0.39 is 0 Å². The molecule has 0 atom stereocenters. The van der Waals surface area contributed by atoms with Crippen LogP contribution < -0.4 is 10.6 Å². The number of hydrogen-bond acceptors (Lipinski definition) is 4. The number of para-hydroxylation sites is 1. The van der Waals surface area contributed by atoms with Gasteiger partial charge in [0.2, 0.25) is 0 Å². The molecule has 3 aromatic rings. The van der Waals surface area contributed by atoms with E-state index in [0.29, 0.717) is 0 Å². The Kier molecular flexibility index (Phi) is 8.42. The van der Waals surface area contributed by atoms with Crippen LogP contribution in [0.4, 0.5) is 0 Å². The predicted octanol–water partition coefficient (Wildman–Crippen LogP) is 2.85. The predicted molar refractivity (Wildman–Crippen MR) is 123 cm³/mol.